The summed E-state index contributed by atoms with van der Waals surface area (Å²) >= 11 is 1.32. The summed E-state index contributed by atoms with van der Waals surface area (Å²) in [7, 11) is 1.88. The number of nitrogens with zero attached hydrogens (tertiary/aromatic N) is 1. The minimum absolute atomic E-state index is 0.0241. The number of carbonyl (C=O) groups is 2. The SMILES string of the molecule is CN(C(=O)c1ccc(NC(=O)CCSc2ccccc2F)cc1)C1CCCCC1. The lowest BCUT2D eigenvalue weighted by Gasteiger charge is -2.31. The largest absolute Gasteiger partial charge is 0.339 e. The van der Waals surface area contributed by atoms with Crippen LogP contribution in [0.1, 0.15) is 48.9 Å². The maximum absolute atomic E-state index is 13.6. The molecular weight excluding hydrogens is 387 g/mol. The summed E-state index contributed by atoms with van der Waals surface area (Å²) < 4.78 is 13.6. The molecule has 4 nitrogen and oxygen atoms in total. The molecule has 0 bridgehead atoms. The lowest BCUT2D eigenvalue weighted by molar-refractivity contribution is -0.115. The van der Waals surface area contributed by atoms with Crippen LogP contribution in [0, 0.1) is 5.82 Å². The third-order valence-corrected chi connectivity index (χ3v) is 6.33. The fourth-order valence-electron chi connectivity index (χ4n) is 3.57. The predicted octanol–water partition coefficient (Wildman–Crippen LogP) is 5.35. The molecule has 29 heavy (non-hydrogen) atoms. The van der Waals surface area contributed by atoms with Crippen molar-refractivity contribution in [2.24, 2.45) is 0 Å². The maximum Gasteiger partial charge on any atom is 0.253 e. The molecule has 1 saturated carbocycles. The number of thioether (sulfide) groups is 1. The molecule has 1 aliphatic rings. The number of carbonyl (C=O) groups excluding carboxylic acids is 2. The fourth-order valence-corrected chi connectivity index (χ4v) is 4.46. The van der Waals surface area contributed by atoms with Crippen LogP contribution < -0.4 is 5.32 Å². The Morgan fingerprint density at radius 2 is 1.76 bits per heavy atom. The summed E-state index contributed by atoms with van der Waals surface area (Å²) in [5.74, 6) is 0.120. The van der Waals surface area contributed by atoms with Gasteiger partial charge in [0.2, 0.25) is 5.91 Å². The van der Waals surface area contributed by atoms with Gasteiger partial charge in [-0.05, 0) is 49.2 Å². The quantitative estimate of drug-likeness (QED) is 0.621. The lowest BCUT2D eigenvalue weighted by atomic mass is 9.94. The summed E-state index contributed by atoms with van der Waals surface area (Å²) in [5.41, 5.74) is 1.29. The van der Waals surface area contributed by atoms with Crippen LogP contribution in [-0.4, -0.2) is 35.6 Å². The normalized spacial score (nSPS) is 14.4. The number of halogens is 1. The number of anilines is 1. The van der Waals surface area contributed by atoms with Gasteiger partial charge in [-0.25, -0.2) is 4.39 Å². The number of rotatable bonds is 7. The van der Waals surface area contributed by atoms with E-state index in [9.17, 15) is 14.0 Å². The van der Waals surface area contributed by atoms with Gasteiger partial charge in [-0.1, -0.05) is 31.4 Å². The molecule has 0 spiro atoms. The van der Waals surface area contributed by atoms with Crippen LogP contribution in [-0.2, 0) is 4.79 Å². The van der Waals surface area contributed by atoms with Crippen LogP contribution in [0.4, 0.5) is 10.1 Å². The molecule has 2 amide bonds. The van der Waals surface area contributed by atoms with Gasteiger partial charge in [0.25, 0.3) is 5.91 Å². The van der Waals surface area contributed by atoms with Gasteiger partial charge in [-0.15, -0.1) is 11.8 Å². The first-order valence-corrected chi connectivity index (χ1v) is 11.1. The monoisotopic (exact) mass is 414 g/mol. The topological polar surface area (TPSA) is 49.4 Å². The molecule has 2 aromatic carbocycles. The minimum Gasteiger partial charge on any atom is -0.339 e. The van der Waals surface area contributed by atoms with Gasteiger partial charge in [0.1, 0.15) is 5.82 Å². The lowest BCUT2D eigenvalue weighted by Crippen LogP contribution is -2.38. The van der Waals surface area contributed by atoms with E-state index in [0.717, 1.165) is 12.8 Å². The first kappa shape index (κ1) is 21.4. The highest BCUT2D eigenvalue weighted by Crippen LogP contribution is 2.24. The van der Waals surface area contributed by atoms with Gasteiger partial charge in [0, 0.05) is 41.4 Å². The van der Waals surface area contributed by atoms with Crippen molar-refractivity contribution in [3.63, 3.8) is 0 Å². The number of hydrogen-bond acceptors (Lipinski definition) is 3. The van der Waals surface area contributed by atoms with Gasteiger partial charge < -0.3 is 10.2 Å². The van der Waals surface area contributed by atoms with E-state index >= 15 is 0 Å². The van der Waals surface area contributed by atoms with E-state index in [0.29, 0.717) is 27.9 Å². The first-order chi connectivity index (χ1) is 14.0. The second-order valence-electron chi connectivity index (χ2n) is 7.36. The van der Waals surface area contributed by atoms with Crippen LogP contribution >= 0.6 is 11.8 Å². The van der Waals surface area contributed by atoms with Crippen molar-refractivity contribution in [2.75, 3.05) is 18.1 Å². The highest BCUT2D eigenvalue weighted by atomic mass is 32.2. The number of hydrogen-bond donors (Lipinski definition) is 1. The molecule has 2 aromatic rings. The maximum atomic E-state index is 13.6. The number of benzene rings is 2. The third-order valence-electron chi connectivity index (χ3n) is 5.28. The average molecular weight is 415 g/mol. The Bertz CT molecular complexity index is 835. The zero-order valence-corrected chi connectivity index (χ0v) is 17.5. The van der Waals surface area contributed by atoms with Crippen LogP contribution in [0.3, 0.4) is 0 Å². The summed E-state index contributed by atoms with van der Waals surface area (Å²) in [5, 5.41) is 2.83. The van der Waals surface area contributed by atoms with Crippen molar-refractivity contribution in [2.45, 2.75) is 49.5 Å². The van der Waals surface area contributed by atoms with Crippen molar-refractivity contribution in [3.05, 3.63) is 59.9 Å². The standard InChI is InChI=1S/C23H27FN2O2S/c1-26(19-7-3-2-4-8-19)23(28)17-11-13-18(14-12-17)25-22(27)15-16-29-21-10-6-5-9-20(21)24/h5-6,9-14,19H,2-4,7-8,15-16H2,1H3,(H,25,27). The molecule has 154 valence electrons. The van der Waals surface area contributed by atoms with E-state index in [4.69, 9.17) is 0 Å². The molecule has 0 heterocycles. The Hall–Kier alpha value is -2.34. The summed E-state index contributed by atoms with van der Waals surface area (Å²) in [6.07, 6.45) is 6.04. The van der Waals surface area contributed by atoms with Gasteiger partial charge in [0.05, 0.1) is 0 Å². The summed E-state index contributed by atoms with van der Waals surface area (Å²) in [4.78, 5) is 27.2. The van der Waals surface area contributed by atoms with E-state index < -0.39 is 0 Å². The van der Waals surface area contributed by atoms with Gasteiger partial charge in [-0.3, -0.25) is 9.59 Å². The van der Waals surface area contributed by atoms with E-state index in [-0.39, 0.29) is 24.1 Å². The average Bonchev–Trinajstić information content (AvgIpc) is 2.75. The molecule has 0 radical (unpaired) electrons. The number of amides is 2. The first-order valence-electron chi connectivity index (χ1n) is 10.1. The van der Waals surface area contributed by atoms with Crippen LogP contribution in [0.25, 0.3) is 0 Å². The molecule has 0 aromatic heterocycles. The minimum atomic E-state index is -0.267. The second-order valence-corrected chi connectivity index (χ2v) is 8.50. The van der Waals surface area contributed by atoms with Crippen molar-refractivity contribution in [1.29, 1.82) is 0 Å². The third kappa shape index (κ3) is 6.07. The fraction of sp³-hybridized carbons (Fsp3) is 0.391. The molecule has 0 aliphatic heterocycles. The van der Waals surface area contributed by atoms with E-state index in [1.54, 1.807) is 42.5 Å². The summed E-state index contributed by atoms with van der Waals surface area (Å²) in [6.45, 7) is 0. The zero-order valence-electron chi connectivity index (χ0n) is 16.7. The van der Waals surface area contributed by atoms with E-state index in [1.807, 2.05) is 11.9 Å². The number of nitrogens with one attached hydrogen (secondary N) is 1. The van der Waals surface area contributed by atoms with Crippen molar-refractivity contribution in [3.8, 4) is 0 Å². The Morgan fingerprint density at radius 3 is 2.45 bits per heavy atom. The zero-order chi connectivity index (χ0) is 20.6. The molecule has 1 N–H and O–H groups in total. The Labute approximate surface area is 175 Å². The van der Waals surface area contributed by atoms with Gasteiger partial charge in [0.15, 0.2) is 0 Å². The van der Waals surface area contributed by atoms with Crippen LogP contribution in [0.2, 0.25) is 0 Å². The predicted molar refractivity (Wildman–Crippen MR) is 116 cm³/mol. The van der Waals surface area contributed by atoms with Gasteiger partial charge in [-0.2, -0.15) is 0 Å². The highest BCUT2D eigenvalue weighted by molar-refractivity contribution is 7.99. The molecule has 0 unspecified atom stereocenters. The molecule has 6 heteroatoms. The van der Waals surface area contributed by atoms with E-state index in [2.05, 4.69) is 5.32 Å². The van der Waals surface area contributed by atoms with Crippen molar-refractivity contribution >= 4 is 29.3 Å². The molecule has 0 atom stereocenters. The Morgan fingerprint density at radius 1 is 1.07 bits per heavy atom. The molecule has 0 saturated heterocycles. The van der Waals surface area contributed by atoms with Crippen LogP contribution in [0.5, 0.6) is 0 Å². The Balaban J connectivity index is 1.47. The van der Waals surface area contributed by atoms with Gasteiger partial charge >= 0.3 is 0 Å². The molecule has 1 fully saturated rings. The van der Waals surface area contributed by atoms with Crippen LogP contribution in [0.15, 0.2) is 53.4 Å². The molecule has 3 rings (SSSR count). The summed E-state index contributed by atoms with van der Waals surface area (Å²) in [6, 6.07) is 13.9. The molecule has 1 aliphatic carbocycles. The smallest absolute Gasteiger partial charge is 0.253 e. The Kier molecular flexibility index (Phi) is 7.69. The van der Waals surface area contributed by atoms with Crippen molar-refractivity contribution < 1.29 is 14.0 Å². The van der Waals surface area contributed by atoms with Crippen molar-refractivity contribution in [1.82, 2.24) is 4.90 Å². The second kappa shape index (κ2) is 10.4. The highest BCUT2D eigenvalue weighted by Gasteiger charge is 2.22. The molecular formula is C23H27FN2O2S. The van der Waals surface area contributed by atoms with E-state index in [1.165, 1.54) is 37.1 Å².